The van der Waals surface area contributed by atoms with Crippen molar-refractivity contribution in [2.45, 2.75) is 13.0 Å². The topological polar surface area (TPSA) is 104 Å². The van der Waals surface area contributed by atoms with E-state index < -0.39 is 0 Å². The van der Waals surface area contributed by atoms with Crippen LogP contribution in [0, 0.1) is 11.3 Å². The number of para-hydroxylation sites is 1. The number of aromatic nitrogens is 3. The molecule has 7 heteroatoms. The van der Waals surface area contributed by atoms with Gasteiger partial charge in [0.05, 0.1) is 11.6 Å². The minimum Gasteiger partial charge on any atom is -0.482 e. The SMILES string of the molecule is CC(NC(=O)COc1ccccc1C#N)c1ncn[nH]1. The molecule has 1 amide bonds. The molecule has 2 rings (SSSR count). The molecule has 0 saturated heterocycles. The van der Waals surface area contributed by atoms with Gasteiger partial charge < -0.3 is 10.1 Å². The standard InChI is InChI=1S/C13H13N5O2/c1-9(13-15-8-16-18-13)17-12(19)7-20-11-5-3-2-4-10(11)6-14/h2-5,8-9H,7H2,1H3,(H,17,19)(H,15,16,18). The largest absolute Gasteiger partial charge is 0.482 e. The molecule has 1 heterocycles. The van der Waals surface area contributed by atoms with Crippen LogP contribution in [0.25, 0.3) is 0 Å². The predicted octanol–water partition coefficient (Wildman–Crippen LogP) is 0.933. The molecule has 1 unspecified atom stereocenters. The minimum atomic E-state index is -0.304. The van der Waals surface area contributed by atoms with Crippen LogP contribution in [-0.4, -0.2) is 27.7 Å². The number of nitrogens with one attached hydrogen (secondary N) is 2. The number of hydrogen-bond acceptors (Lipinski definition) is 5. The molecule has 0 spiro atoms. The van der Waals surface area contributed by atoms with E-state index in [1.54, 1.807) is 31.2 Å². The van der Waals surface area contributed by atoms with Gasteiger partial charge in [0.1, 0.15) is 24.0 Å². The van der Waals surface area contributed by atoms with Gasteiger partial charge in [-0.3, -0.25) is 9.89 Å². The molecule has 0 aliphatic heterocycles. The number of hydrogen-bond donors (Lipinski definition) is 2. The zero-order valence-electron chi connectivity index (χ0n) is 10.8. The lowest BCUT2D eigenvalue weighted by Gasteiger charge is -2.12. The lowest BCUT2D eigenvalue weighted by molar-refractivity contribution is -0.123. The summed E-state index contributed by atoms with van der Waals surface area (Å²) in [5.74, 6) is 0.648. The molecule has 0 aliphatic carbocycles. The van der Waals surface area contributed by atoms with Crippen LogP contribution in [-0.2, 0) is 4.79 Å². The van der Waals surface area contributed by atoms with Crippen LogP contribution in [0.15, 0.2) is 30.6 Å². The van der Waals surface area contributed by atoms with Gasteiger partial charge in [-0.2, -0.15) is 10.4 Å². The summed E-state index contributed by atoms with van der Waals surface area (Å²) in [6.07, 6.45) is 1.37. The lowest BCUT2D eigenvalue weighted by atomic mass is 10.2. The van der Waals surface area contributed by atoms with Crippen molar-refractivity contribution in [2.24, 2.45) is 0 Å². The van der Waals surface area contributed by atoms with Gasteiger partial charge in [0.25, 0.3) is 5.91 Å². The average Bonchev–Trinajstić information content (AvgIpc) is 2.99. The van der Waals surface area contributed by atoms with Gasteiger partial charge >= 0.3 is 0 Å². The van der Waals surface area contributed by atoms with E-state index >= 15 is 0 Å². The Balaban J connectivity index is 1.88. The van der Waals surface area contributed by atoms with E-state index in [9.17, 15) is 4.79 Å². The van der Waals surface area contributed by atoms with E-state index in [0.717, 1.165) is 0 Å². The van der Waals surface area contributed by atoms with Crippen molar-refractivity contribution in [3.05, 3.63) is 42.0 Å². The molecule has 0 fully saturated rings. The van der Waals surface area contributed by atoms with Crippen LogP contribution in [0.2, 0.25) is 0 Å². The van der Waals surface area contributed by atoms with Gasteiger partial charge in [0.2, 0.25) is 0 Å². The van der Waals surface area contributed by atoms with Gasteiger partial charge in [0, 0.05) is 0 Å². The summed E-state index contributed by atoms with van der Waals surface area (Å²) >= 11 is 0. The maximum absolute atomic E-state index is 11.7. The first-order chi connectivity index (χ1) is 9.70. The van der Waals surface area contributed by atoms with Crippen molar-refractivity contribution in [1.82, 2.24) is 20.5 Å². The van der Waals surface area contributed by atoms with E-state index in [1.807, 2.05) is 6.07 Å². The fraction of sp³-hybridized carbons (Fsp3) is 0.231. The molecular weight excluding hydrogens is 258 g/mol. The fourth-order valence-electron chi connectivity index (χ4n) is 1.60. The Morgan fingerprint density at radius 2 is 2.35 bits per heavy atom. The zero-order valence-corrected chi connectivity index (χ0v) is 10.8. The number of carbonyl (C=O) groups is 1. The molecule has 0 saturated carbocycles. The number of rotatable bonds is 5. The molecule has 20 heavy (non-hydrogen) atoms. The van der Waals surface area contributed by atoms with Crippen LogP contribution >= 0.6 is 0 Å². The summed E-state index contributed by atoms with van der Waals surface area (Å²) in [4.78, 5) is 15.7. The normalized spacial score (nSPS) is 11.4. The van der Waals surface area contributed by atoms with Gasteiger partial charge in [-0.15, -0.1) is 0 Å². The third-order valence-corrected chi connectivity index (χ3v) is 2.59. The van der Waals surface area contributed by atoms with Gasteiger partial charge in [0.15, 0.2) is 6.61 Å². The number of H-pyrrole nitrogens is 1. The van der Waals surface area contributed by atoms with Crippen molar-refractivity contribution < 1.29 is 9.53 Å². The van der Waals surface area contributed by atoms with Crippen LogP contribution in [0.1, 0.15) is 24.4 Å². The number of nitrogens with zero attached hydrogens (tertiary/aromatic N) is 3. The quantitative estimate of drug-likeness (QED) is 0.842. The Kier molecular flexibility index (Phi) is 4.29. The van der Waals surface area contributed by atoms with Crippen molar-refractivity contribution in [3.8, 4) is 11.8 Å². The second-order valence-corrected chi connectivity index (χ2v) is 4.06. The number of ether oxygens (including phenoxy) is 1. The van der Waals surface area contributed by atoms with Crippen LogP contribution in [0.5, 0.6) is 5.75 Å². The number of carbonyl (C=O) groups excluding carboxylic acids is 1. The smallest absolute Gasteiger partial charge is 0.258 e. The van der Waals surface area contributed by atoms with Gasteiger partial charge in [-0.1, -0.05) is 12.1 Å². The Morgan fingerprint density at radius 1 is 1.55 bits per heavy atom. The molecule has 0 aliphatic rings. The predicted molar refractivity (Wildman–Crippen MR) is 69.6 cm³/mol. The van der Waals surface area contributed by atoms with Crippen molar-refractivity contribution in [2.75, 3.05) is 6.61 Å². The maximum atomic E-state index is 11.7. The molecule has 2 N–H and O–H groups in total. The summed E-state index contributed by atoms with van der Waals surface area (Å²) in [5, 5.41) is 18.0. The molecule has 7 nitrogen and oxygen atoms in total. The number of amides is 1. The van der Waals surface area contributed by atoms with E-state index in [0.29, 0.717) is 17.1 Å². The van der Waals surface area contributed by atoms with Gasteiger partial charge in [-0.05, 0) is 19.1 Å². The maximum Gasteiger partial charge on any atom is 0.258 e. The Labute approximate surface area is 115 Å². The highest BCUT2D eigenvalue weighted by atomic mass is 16.5. The third kappa shape index (κ3) is 3.32. The molecule has 2 aromatic rings. The molecule has 1 aromatic carbocycles. The van der Waals surface area contributed by atoms with Gasteiger partial charge in [-0.25, -0.2) is 4.98 Å². The summed E-state index contributed by atoms with van der Waals surface area (Å²) in [7, 11) is 0. The van der Waals surface area contributed by atoms with Crippen molar-refractivity contribution in [1.29, 1.82) is 5.26 Å². The summed E-state index contributed by atoms with van der Waals surface area (Å²) < 4.78 is 5.33. The molecule has 102 valence electrons. The highest BCUT2D eigenvalue weighted by Crippen LogP contribution is 2.16. The van der Waals surface area contributed by atoms with Crippen molar-refractivity contribution in [3.63, 3.8) is 0 Å². The summed E-state index contributed by atoms with van der Waals surface area (Å²) in [5.41, 5.74) is 0.392. The van der Waals surface area contributed by atoms with Crippen LogP contribution in [0.3, 0.4) is 0 Å². The number of aromatic amines is 1. The minimum absolute atomic E-state index is 0.169. The van der Waals surface area contributed by atoms with Crippen molar-refractivity contribution >= 4 is 5.91 Å². The molecule has 1 atom stereocenters. The highest BCUT2D eigenvalue weighted by molar-refractivity contribution is 5.77. The second-order valence-electron chi connectivity index (χ2n) is 4.06. The van der Waals surface area contributed by atoms with E-state index in [1.165, 1.54) is 6.33 Å². The summed E-state index contributed by atoms with van der Waals surface area (Å²) in [6.45, 7) is 1.61. The molecule has 0 radical (unpaired) electrons. The number of benzene rings is 1. The van der Waals surface area contributed by atoms with Crippen LogP contribution < -0.4 is 10.1 Å². The lowest BCUT2D eigenvalue weighted by Crippen LogP contribution is -2.31. The van der Waals surface area contributed by atoms with E-state index in [4.69, 9.17) is 10.00 Å². The first-order valence-corrected chi connectivity index (χ1v) is 5.97. The Morgan fingerprint density at radius 3 is 3.05 bits per heavy atom. The zero-order chi connectivity index (χ0) is 14.4. The fourth-order valence-corrected chi connectivity index (χ4v) is 1.60. The van der Waals surface area contributed by atoms with E-state index in [-0.39, 0.29) is 18.6 Å². The third-order valence-electron chi connectivity index (χ3n) is 2.59. The molecule has 0 bridgehead atoms. The molecular formula is C13H13N5O2. The van der Waals surface area contributed by atoms with E-state index in [2.05, 4.69) is 20.5 Å². The number of nitriles is 1. The second kappa shape index (κ2) is 6.33. The molecule has 1 aromatic heterocycles. The highest BCUT2D eigenvalue weighted by Gasteiger charge is 2.12. The Bertz CT molecular complexity index is 618. The first kappa shape index (κ1) is 13.5. The summed E-state index contributed by atoms with van der Waals surface area (Å²) in [6, 6.07) is 8.46. The van der Waals surface area contributed by atoms with Crippen LogP contribution in [0.4, 0.5) is 0 Å². The average molecular weight is 271 g/mol. The Hall–Kier alpha value is -2.88. The first-order valence-electron chi connectivity index (χ1n) is 5.97. The monoisotopic (exact) mass is 271 g/mol.